The van der Waals surface area contributed by atoms with Gasteiger partial charge >= 0.3 is 10.5 Å². The van der Waals surface area contributed by atoms with Crippen molar-refractivity contribution in [2.75, 3.05) is 0 Å². The highest BCUT2D eigenvalue weighted by Gasteiger charge is 2.14. The molecule has 0 bridgehead atoms. The van der Waals surface area contributed by atoms with E-state index in [9.17, 15) is 12.8 Å². The first kappa shape index (κ1) is 11.9. The van der Waals surface area contributed by atoms with E-state index in [4.69, 9.17) is 23.2 Å². The Balaban J connectivity index is 3.60. The van der Waals surface area contributed by atoms with Crippen molar-refractivity contribution in [3.05, 3.63) is 26.4 Å². The van der Waals surface area contributed by atoms with Crippen LogP contribution in [0.5, 0.6) is 0 Å². The van der Waals surface area contributed by atoms with Gasteiger partial charge in [-0.2, -0.15) is 8.42 Å². The molecule has 1 aromatic carbocycles. The molecule has 0 unspecified atom stereocenters. The summed E-state index contributed by atoms with van der Waals surface area (Å²) in [5, 5.41) is -0.401. The summed E-state index contributed by atoms with van der Waals surface area (Å²) in [4.78, 5) is 0. The fourth-order valence-electron chi connectivity index (χ4n) is 0.715. The van der Waals surface area contributed by atoms with Gasteiger partial charge in [-0.15, -0.1) is 4.36 Å². The molecule has 0 aliphatic carbocycles. The molecule has 0 N–H and O–H groups in total. The number of hydrogen-bond donors (Lipinski definition) is 0. The lowest BCUT2D eigenvalue weighted by Crippen LogP contribution is -1.81. The van der Waals surface area contributed by atoms with E-state index in [2.05, 4.69) is 20.3 Å². The van der Waals surface area contributed by atoms with Crippen LogP contribution in [0.3, 0.4) is 0 Å². The lowest BCUT2D eigenvalue weighted by atomic mass is 10.3. The molecule has 0 saturated heterocycles. The SMILES string of the molecule is O=S(=O)=Nc1c(Cl)cc(F)c(Cl)c1Br. The van der Waals surface area contributed by atoms with E-state index >= 15 is 0 Å². The summed E-state index contributed by atoms with van der Waals surface area (Å²) in [7, 11) is -2.67. The van der Waals surface area contributed by atoms with Gasteiger partial charge in [-0.25, -0.2) is 4.39 Å². The third kappa shape index (κ3) is 2.44. The van der Waals surface area contributed by atoms with Crippen LogP contribution < -0.4 is 0 Å². The first-order valence-electron chi connectivity index (χ1n) is 3.07. The van der Waals surface area contributed by atoms with Gasteiger partial charge in [-0.3, -0.25) is 0 Å². The summed E-state index contributed by atoms with van der Waals surface area (Å²) in [6.07, 6.45) is 0. The molecule has 8 heteroatoms. The second kappa shape index (κ2) is 4.57. The third-order valence-corrected chi connectivity index (χ3v) is 3.25. The molecule has 14 heavy (non-hydrogen) atoms. The number of rotatable bonds is 1. The summed E-state index contributed by atoms with van der Waals surface area (Å²) >= 11 is 13.9. The van der Waals surface area contributed by atoms with Crippen molar-refractivity contribution in [2.24, 2.45) is 4.36 Å². The monoisotopic (exact) mass is 319 g/mol. The number of halogens is 4. The zero-order valence-electron chi connectivity index (χ0n) is 6.26. The highest BCUT2D eigenvalue weighted by Crippen LogP contribution is 2.39. The Morgan fingerprint density at radius 2 is 2.00 bits per heavy atom. The molecule has 1 rings (SSSR count). The van der Waals surface area contributed by atoms with Crippen LogP contribution in [-0.2, 0) is 10.5 Å². The lowest BCUT2D eigenvalue weighted by Gasteiger charge is -2.02. The quantitative estimate of drug-likeness (QED) is 0.586. The topological polar surface area (TPSA) is 46.5 Å². The van der Waals surface area contributed by atoms with Gasteiger partial charge in [-0.05, 0) is 22.0 Å². The first-order chi connectivity index (χ1) is 6.43. The van der Waals surface area contributed by atoms with E-state index in [1.807, 2.05) is 0 Å². The molecular weight excluding hydrogens is 320 g/mol. The summed E-state index contributed by atoms with van der Waals surface area (Å²) in [5.41, 5.74) is -0.119. The smallest absolute Gasteiger partial charge is 0.205 e. The molecule has 0 amide bonds. The van der Waals surface area contributed by atoms with Gasteiger partial charge in [0, 0.05) is 0 Å². The standard InChI is InChI=1S/C6HBrCl2FNO2S/c7-4-5(9)3(10)1-2(8)6(4)11-14(12)13/h1H. The molecule has 0 spiro atoms. The maximum absolute atomic E-state index is 12.9. The molecule has 0 heterocycles. The van der Waals surface area contributed by atoms with Crippen LogP contribution in [0.1, 0.15) is 0 Å². The molecule has 1 aromatic rings. The van der Waals surface area contributed by atoms with E-state index in [0.717, 1.165) is 6.07 Å². The molecular formula is C6HBrCl2FNO2S. The van der Waals surface area contributed by atoms with Gasteiger partial charge in [0.1, 0.15) is 11.5 Å². The second-order valence-electron chi connectivity index (χ2n) is 2.13. The van der Waals surface area contributed by atoms with Crippen LogP contribution in [0.15, 0.2) is 14.9 Å². The van der Waals surface area contributed by atoms with Gasteiger partial charge in [0.2, 0.25) is 0 Å². The average Bonchev–Trinajstić information content (AvgIpc) is 2.09. The van der Waals surface area contributed by atoms with Crippen LogP contribution >= 0.6 is 39.1 Å². The predicted octanol–water partition coefficient (Wildman–Crippen LogP) is 3.59. The van der Waals surface area contributed by atoms with Crippen LogP contribution in [0.25, 0.3) is 0 Å². The number of benzene rings is 1. The van der Waals surface area contributed by atoms with Crippen LogP contribution in [0.2, 0.25) is 10.0 Å². The minimum absolute atomic E-state index is 0.00775. The third-order valence-electron chi connectivity index (χ3n) is 1.26. The summed E-state index contributed by atoms with van der Waals surface area (Å²) in [6.45, 7) is 0. The fourth-order valence-corrected chi connectivity index (χ4v) is 2.20. The highest BCUT2D eigenvalue weighted by atomic mass is 79.9. The Labute approximate surface area is 98.7 Å². The maximum atomic E-state index is 12.9. The zero-order valence-corrected chi connectivity index (χ0v) is 10.2. The normalized spacial score (nSPS) is 10.0. The Morgan fingerprint density at radius 3 is 2.50 bits per heavy atom. The Bertz CT molecular complexity index is 509. The van der Waals surface area contributed by atoms with Gasteiger partial charge < -0.3 is 0 Å². The van der Waals surface area contributed by atoms with Gasteiger partial charge in [0.05, 0.1) is 14.5 Å². The molecule has 0 aliphatic heterocycles. The zero-order chi connectivity index (χ0) is 10.9. The molecule has 0 saturated carbocycles. The van der Waals surface area contributed by atoms with Crippen molar-refractivity contribution >= 4 is 55.3 Å². The van der Waals surface area contributed by atoms with E-state index in [1.165, 1.54) is 0 Å². The van der Waals surface area contributed by atoms with Gasteiger partial charge in [0.15, 0.2) is 0 Å². The Morgan fingerprint density at radius 1 is 1.43 bits per heavy atom. The Kier molecular flexibility index (Phi) is 3.88. The molecule has 0 radical (unpaired) electrons. The molecule has 0 atom stereocenters. The predicted molar refractivity (Wildman–Crippen MR) is 55.1 cm³/mol. The highest BCUT2D eigenvalue weighted by molar-refractivity contribution is 9.10. The largest absolute Gasteiger partial charge is 0.316 e. The minimum atomic E-state index is -2.67. The van der Waals surface area contributed by atoms with Gasteiger partial charge in [-0.1, -0.05) is 23.2 Å². The number of hydrogen-bond acceptors (Lipinski definition) is 3. The van der Waals surface area contributed by atoms with Crippen molar-refractivity contribution in [3.8, 4) is 0 Å². The molecule has 0 aliphatic rings. The fraction of sp³-hybridized carbons (Fsp3) is 0. The summed E-state index contributed by atoms with van der Waals surface area (Å²) in [6, 6.07) is 0.889. The van der Waals surface area contributed by atoms with E-state index in [1.54, 1.807) is 0 Å². The van der Waals surface area contributed by atoms with Crippen molar-refractivity contribution in [1.29, 1.82) is 0 Å². The lowest BCUT2D eigenvalue weighted by molar-refractivity contribution is 0.621. The maximum Gasteiger partial charge on any atom is 0.316 e. The molecule has 76 valence electrons. The average molecular weight is 321 g/mol. The molecule has 0 aromatic heterocycles. The molecule has 0 fully saturated rings. The van der Waals surface area contributed by atoms with Crippen molar-refractivity contribution in [2.45, 2.75) is 0 Å². The van der Waals surface area contributed by atoms with Crippen molar-refractivity contribution in [1.82, 2.24) is 0 Å². The number of nitrogens with zero attached hydrogens (tertiary/aromatic N) is 1. The Hall–Kier alpha value is -0.170. The summed E-state index contributed by atoms with van der Waals surface area (Å²) < 4.78 is 36.6. The minimum Gasteiger partial charge on any atom is -0.205 e. The summed E-state index contributed by atoms with van der Waals surface area (Å²) in [5.74, 6) is -0.751. The van der Waals surface area contributed by atoms with Crippen LogP contribution in [-0.4, -0.2) is 8.42 Å². The van der Waals surface area contributed by atoms with E-state index in [-0.39, 0.29) is 20.2 Å². The van der Waals surface area contributed by atoms with Crippen molar-refractivity contribution < 1.29 is 12.8 Å². The first-order valence-corrected chi connectivity index (χ1v) is 5.65. The van der Waals surface area contributed by atoms with Crippen LogP contribution in [0.4, 0.5) is 10.1 Å². The van der Waals surface area contributed by atoms with E-state index < -0.39 is 16.3 Å². The van der Waals surface area contributed by atoms with Gasteiger partial charge in [0.25, 0.3) is 0 Å². The van der Waals surface area contributed by atoms with Crippen molar-refractivity contribution in [3.63, 3.8) is 0 Å². The van der Waals surface area contributed by atoms with E-state index in [0.29, 0.717) is 0 Å². The van der Waals surface area contributed by atoms with Crippen LogP contribution in [0, 0.1) is 5.82 Å². The second-order valence-corrected chi connectivity index (χ2v) is 4.32. The molecule has 3 nitrogen and oxygen atoms in total.